The van der Waals surface area contributed by atoms with E-state index >= 15 is 0 Å². The van der Waals surface area contributed by atoms with Gasteiger partial charge in [-0.1, -0.05) is 13.8 Å². The molecule has 1 aromatic rings. The monoisotopic (exact) mass is 299 g/mol. The van der Waals surface area contributed by atoms with Crippen LogP contribution >= 0.6 is 0 Å². The highest BCUT2D eigenvalue weighted by Gasteiger charge is 2.26. The number of aromatic nitrogens is 2. The van der Waals surface area contributed by atoms with Crippen LogP contribution in [0.15, 0.2) is 6.33 Å². The fourth-order valence-electron chi connectivity index (χ4n) is 2.50. The fraction of sp³-hybridized carbons (Fsp3) is 0.667. The summed E-state index contributed by atoms with van der Waals surface area (Å²) >= 11 is 0. The summed E-state index contributed by atoms with van der Waals surface area (Å²) in [5.74, 6) is 7.30. The van der Waals surface area contributed by atoms with E-state index in [1.807, 2.05) is 13.8 Å². The molecule has 1 fully saturated rings. The number of hydrogen-bond donors (Lipinski definition) is 3. The van der Waals surface area contributed by atoms with Gasteiger partial charge in [-0.25, -0.2) is 24.2 Å². The lowest BCUT2D eigenvalue weighted by molar-refractivity contribution is 0.561. The Labute approximate surface area is 119 Å². The van der Waals surface area contributed by atoms with E-state index in [9.17, 15) is 8.42 Å². The van der Waals surface area contributed by atoms with E-state index in [0.29, 0.717) is 18.1 Å². The summed E-state index contributed by atoms with van der Waals surface area (Å²) in [4.78, 5) is 8.33. The van der Waals surface area contributed by atoms with Crippen LogP contribution in [0.25, 0.3) is 0 Å². The van der Waals surface area contributed by atoms with Gasteiger partial charge in [0.15, 0.2) is 9.84 Å². The van der Waals surface area contributed by atoms with Crippen LogP contribution in [0.5, 0.6) is 0 Å². The molecule has 2 rings (SSSR count). The Kier molecular flexibility index (Phi) is 4.44. The Balaban J connectivity index is 2.25. The zero-order chi connectivity index (χ0) is 14.8. The minimum atomic E-state index is -2.95. The van der Waals surface area contributed by atoms with Crippen molar-refractivity contribution in [2.24, 2.45) is 5.84 Å². The fourth-order valence-corrected chi connectivity index (χ4v) is 4.14. The predicted molar refractivity (Wildman–Crippen MR) is 79.2 cm³/mol. The number of nitrogens with one attached hydrogen (secondary N) is 2. The van der Waals surface area contributed by atoms with Gasteiger partial charge >= 0.3 is 0 Å². The smallest absolute Gasteiger partial charge is 0.152 e. The maximum atomic E-state index is 11.7. The van der Waals surface area contributed by atoms with Crippen molar-refractivity contribution in [3.8, 4) is 0 Å². The Hall–Kier alpha value is -1.41. The van der Waals surface area contributed by atoms with Gasteiger partial charge in [0.2, 0.25) is 0 Å². The minimum absolute atomic E-state index is 0.105. The molecule has 0 radical (unpaired) electrons. The molecule has 20 heavy (non-hydrogen) atoms. The van der Waals surface area contributed by atoms with Crippen molar-refractivity contribution >= 4 is 21.5 Å². The molecule has 8 heteroatoms. The number of nitrogen functional groups attached to an aromatic ring is 1. The Bertz CT molecular complexity index is 573. The second kappa shape index (κ2) is 5.92. The van der Waals surface area contributed by atoms with E-state index in [1.54, 1.807) is 0 Å². The average Bonchev–Trinajstić information content (AvgIpc) is 2.36. The van der Waals surface area contributed by atoms with E-state index in [-0.39, 0.29) is 23.5 Å². The normalized spacial score (nSPS) is 21.7. The first-order chi connectivity index (χ1) is 9.43. The van der Waals surface area contributed by atoms with Gasteiger partial charge in [-0.3, -0.25) is 0 Å². The number of sulfone groups is 1. The quantitative estimate of drug-likeness (QED) is 0.559. The summed E-state index contributed by atoms with van der Waals surface area (Å²) in [5.41, 5.74) is 3.43. The van der Waals surface area contributed by atoms with E-state index < -0.39 is 9.84 Å². The van der Waals surface area contributed by atoms with Crippen LogP contribution in [0, 0.1) is 0 Å². The molecule has 112 valence electrons. The highest BCUT2D eigenvalue weighted by atomic mass is 32.2. The van der Waals surface area contributed by atoms with Gasteiger partial charge < -0.3 is 10.7 Å². The SMILES string of the molecule is CC(C)c1c(NN)ncnc1NC1CCCS(=O)(=O)C1. The Morgan fingerprint density at radius 2 is 2.05 bits per heavy atom. The van der Waals surface area contributed by atoms with Crippen molar-refractivity contribution in [3.05, 3.63) is 11.9 Å². The molecular formula is C12H21N5O2S. The summed E-state index contributed by atoms with van der Waals surface area (Å²) in [7, 11) is -2.95. The largest absolute Gasteiger partial charge is 0.366 e. The Morgan fingerprint density at radius 1 is 1.35 bits per heavy atom. The average molecular weight is 299 g/mol. The van der Waals surface area contributed by atoms with Crippen molar-refractivity contribution in [1.29, 1.82) is 0 Å². The lowest BCUT2D eigenvalue weighted by Gasteiger charge is -2.25. The third-order valence-electron chi connectivity index (χ3n) is 3.40. The van der Waals surface area contributed by atoms with Crippen LogP contribution in [0.1, 0.15) is 38.2 Å². The molecule has 4 N–H and O–H groups in total. The van der Waals surface area contributed by atoms with Gasteiger partial charge in [0.05, 0.1) is 11.5 Å². The summed E-state index contributed by atoms with van der Waals surface area (Å²) in [6, 6.07) is -0.105. The minimum Gasteiger partial charge on any atom is -0.366 e. The van der Waals surface area contributed by atoms with Gasteiger partial charge in [-0.2, -0.15) is 0 Å². The molecule has 1 saturated heterocycles. The van der Waals surface area contributed by atoms with Gasteiger partial charge in [0.1, 0.15) is 18.0 Å². The second-order valence-corrected chi connectivity index (χ2v) is 7.61. The van der Waals surface area contributed by atoms with E-state index in [2.05, 4.69) is 20.7 Å². The molecule has 1 aliphatic rings. The summed E-state index contributed by atoms with van der Waals surface area (Å²) < 4.78 is 23.4. The predicted octanol–water partition coefficient (Wildman–Crippen LogP) is 0.875. The molecule has 1 aliphatic heterocycles. The number of rotatable bonds is 4. The molecule has 0 spiro atoms. The van der Waals surface area contributed by atoms with Crippen molar-refractivity contribution < 1.29 is 8.42 Å². The first-order valence-electron chi connectivity index (χ1n) is 6.71. The zero-order valence-electron chi connectivity index (χ0n) is 11.8. The second-order valence-electron chi connectivity index (χ2n) is 5.38. The van der Waals surface area contributed by atoms with Crippen molar-refractivity contribution in [2.45, 2.75) is 38.6 Å². The number of nitrogens with two attached hydrogens (primary N) is 1. The summed E-state index contributed by atoms with van der Waals surface area (Å²) in [6.07, 6.45) is 2.93. The van der Waals surface area contributed by atoms with Gasteiger partial charge in [0.25, 0.3) is 0 Å². The summed E-state index contributed by atoms with van der Waals surface area (Å²) in [5, 5.41) is 3.24. The van der Waals surface area contributed by atoms with E-state index in [0.717, 1.165) is 12.0 Å². The number of anilines is 2. The van der Waals surface area contributed by atoms with Crippen LogP contribution in [0.2, 0.25) is 0 Å². The number of nitrogens with zero attached hydrogens (tertiary/aromatic N) is 2. The number of hydrazine groups is 1. The maximum absolute atomic E-state index is 11.7. The highest BCUT2D eigenvalue weighted by molar-refractivity contribution is 7.91. The van der Waals surface area contributed by atoms with Crippen molar-refractivity contribution in [2.75, 3.05) is 22.2 Å². The topological polar surface area (TPSA) is 110 Å². The third kappa shape index (κ3) is 3.37. The van der Waals surface area contributed by atoms with Gasteiger partial charge in [0, 0.05) is 11.6 Å². The first-order valence-corrected chi connectivity index (χ1v) is 8.53. The van der Waals surface area contributed by atoms with Gasteiger partial charge in [-0.05, 0) is 18.8 Å². The van der Waals surface area contributed by atoms with E-state index in [4.69, 9.17) is 5.84 Å². The third-order valence-corrected chi connectivity index (χ3v) is 5.22. The Morgan fingerprint density at radius 3 is 2.65 bits per heavy atom. The van der Waals surface area contributed by atoms with Gasteiger partial charge in [-0.15, -0.1) is 0 Å². The molecule has 0 aromatic carbocycles. The van der Waals surface area contributed by atoms with Crippen LogP contribution < -0.4 is 16.6 Å². The molecule has 1 unspecified atom stereocenters. The molecule has 7 nitrogen and oxygen atoms in total. The molecule has 0 aliphatic carbocycles. The highest BCUT2D eigenvalue weighted by Crippen LogP contribution is 2.29. The molecular weight excluding hydrogens is 278 g/mol. The van der Waals surface area contributed by atoms with Crippen molar-refractivity contribution in [1.82, 2.24) is 9.97 Å². The molecule has 0 saturated carbocycles. The van der Waals surface area contributed by atoms with Crippen LogP contribution in [-0.2, 0) is 9.84 Å². The van der Waals surface area contributed by atoms with E-state index in [1.165, 1.54) is 6.33 Å². The van der Waals surface area contributed by atoms with Crippen molar-refractivity contribution in [3.63, 3.8) is 0 Å². The lowest BCUT2D eigenvalue weighted by Crippen LogP contribution is -2.35. The van der Waals surface area contributed by atoms with Crippen LogP contribution in [0.3, 0.4) is 0 Å². The summed E-state index contributed by atoms with van der Waals surface area (Å²) in [6.45, 7) is 4.03. The molecule has 0 amide bonds. The maximum Gasteiger partial charge on any atom is 0.152 e. The first kappa shape index (κ1) is 15.0. The zero-order valence-corrected chi connectivity index (χ0v) is 12.6. The molecule has 1 aromatic heterocycles. The number of hydrogen-bond acceptors (Lipinski definition) is 7. The van der Waals surface area contributed by atoms with Crippen LogP contribution in [0.4, 0.5) is 11.6 Å². The van der Waals surface area contributed by atoms with Crippen LogP contribution in [-0.4, -0.2) is 35.9 Å². The molecule has 0 bridgehead atoms. The molecule has 1 atom stereocenters. The standard InChI is InChI=1S/C12H21N5O2S/c1-8(2)10-11(14-7-15-12(10)17-13)16-9-4-3-5-20(18,19)6-9/h7-9H,3-6,13H2,1-2H3,(H2,14,15,16,17). The lowest BCUT2D eigenvalue weighted by atomic mass is 10.0. The molecule has 2 heterocycles.